The van der Waals surface area contributed by atoms with Crippen LogP contribution in [0.25, 0.3) is 0 Å². The maximum atomic E-state index is 12.0. The average molecular weight is 247 g/mol. The second-order valence-corrected chi connectivity index (χ2v) is 6.34. The number of benzene rings is 1. The Balaban J connectivity index is 2.75. The average Bonchev–Trinajstić information content (AvgIpc) is 2.17. The molecule has 0 unspecified atom stereocenters. The number of carbonyl (C=O) groups is 1. The minimum Gasteiger partial charge on any atom is -0.351 e. The Bertz CT molecular complexity index is 402. The first-order chi connectivity index (χ1) is 8.28. The van der Waals surface area contributed by atoms with E-state index < -0.39 is 0 Å². The van der Waals surface area contributed by atoms with Gasteiger partial charge in [-0.3, -0.25) is 4.79 Å². The molecule has 0 radical (unpaired) electrons. The lowest BCUT2D eigenvalue weighted by molar-refractivity contribution is -0.121. The third-order valence-electron chi connectivity index (χ3n) is 2.61. The van der Waals surface area contributed by atoms with Crippen molar-refractivity contribution in [1.29, 1.82) is 0 Å². The smallest absolute Gasteiger partial charge is 0.224 e. The van der Waals surface area contributed by atoms with Crippen molar-refractivity contribution >= 4 is 5.91 Å². The Morgan fingerprint density at radius 1 is 1.17 bits per heavy atom. The fourth-order valence-corrected chi connectivity index (χ4v) is 2.00. The fraction of sp³-hybridized carbons (Fsp3) is 0.562. The molecule has 0 fully saturated rings. The molecule has 0 saturated heterocycles. The summed E-state index contributed by atoms with van der Waals surface area (Å²) in [5.74, 6) is 0.704. The summed E-state index contributed by atoms with van der Waals surface area (Å²) in [7, 11) is 0. The Morgan fingerprint density at radius 3 is 2.22 bits per heavy atom. The van der Waals surface area contributed by atoms with Gasteiger partial charge in [0.25, 0.3) is 0 Å². The molecule has 1 aromatic carbocycles. The number of hydrogen-bond acceptors (Lipinski definition) is 1. The van der Waals surface area contributed by atoms with E-state index in [0.29, 0.717) is 12.3 Å². The molecule has 0 aliphatic heterocycles. The van der Waals surface area contributed by atoms with Crippen LogP contribution >= 0.6 is 0 Å². The first-order valence-corrected chi connectivity index (χ1v) is 6.66. The lowest BCUT2D eigenvalue weighted by Crippen LogP contribution is -2.41. The molecule has 0 heterocycles. The van der Waals surface area contributed by atoms with Gasteiger partial charge < -0.3 is 5.32 Å². The molecule has 0 aliphatic carbocycles. The number of rotatable bonds is 4. The molecule has 0 saturated carbocycles. The van der Waals surface area contributed by atoms with E-state index in [1.807, 2.05) is 32.9 Å². The standard InChI is InChI=1S/C16H25NO/c1-12(2)10-13-8-6-7-9-14(13)11-15(18)17-16(3,4)5/h6-9,12H,10-11H2,1-5H3,(H,17,18). The Kier molecular flexibility index (Phi) is 4.94. The normalized spacial score (nSPS) is 11.7. The zero-order valence-corrected chi connectivity index (χ0v) is 12.2. The summed E-state index contributed by atoms with van der Waals surface area (Å²) in [6, 6.07) is 8.23. The van der Waals surface area contributed by atoms with Crippen LogP contribution in [-0.4, -0.2) is 11.4 Å². The fourth-order valence-electron chi connectivity index (χ4n) is 2.00. The summed E-state index contributed by atoms with van der Waals surface area (Å²) in [5, 5.41) is 3.01. The van der Waals surface area contributed by atoms with E-state index in [1.165, 1.54) is 5.56 Å². The first kappa shape index (κ1) is 14.7. The molecule has 0 atom stereocenters. The molecule has 1 rings (SSSR count). The van der Waals surface area contributed by atoms with Crippen molar-refractivity contribution < 1.29 is 4.79 Å². The van der Waals surface area contributed by atoms with Gasteiger partial charge in [-0.05, 0) is 44.2 Å². The van der Waals surface area contributed by atoms with Gasteiger partial charge in [0.05, 0.1) is 6.42 Å². The highest BCUT2D eigenvalue weighted by Crippen LogP contribution is 2.15. The van der Waals surface area contributed by atoms with Gasteiger partial charge in [-0.15, -0.1) is 0 Å². The molecule has 18 heavy (non-hydrogen) atoms. The SMILES string of the molecule is CC(C)Cc1ccccc1CC(=O)NC(C)(C)C. The Hall–Kier alpha value is -1.31. The lowest BCUT2D eigenvalue weighted by atomic mass is 9.96. The van der Waals surface area contributed by atoms with Crippen LogP contribution in [0.5, 0.6) is 0 Å². The van der Waals surface area contributed by atoms with Crippen LogP contribution in [-0.2, 0) is 17.6 Å². The summed E-state index contributed by atoms with van der Waals surface area (Å²) >= 11 is 0. The Labute approximate surface area is 111 Å². The van der Waals surface area contributed by atoms with E-state index in [0.717, 1.165) is 12.0 Å². The van der Waals surface area contributed by atoms with Crippen molar-refractivity contribution in [1.82, 2.24) is 5.32 Å². The largest absolute Gasteiger partial charge is 0.351 e. The molecule has 1 N–H and O–H groups in total. The third-order valence-corrected chi connectivity index (χ3v) is 2.61. The molecule has 0 aromatic heterocycles. The van der Waals surface area contributed by atoms with Crippen molar-refractivity contribution in [3.05, 3.63) is 35.4 Å². The van der Waals surface area contributed by atoms with Crippen molar-refractivity contribution in [2.45, 2.75) is 53.0 Å². The van der Waals surface area contributed by atoms with Crippen LogP contribution in [0.15, 0.2) is 24.3 Å². The number of nitrogens with one attached hydrogen (secondary N) is 1. The van der Waals surface area contributed by atoms with E-state index in [1.54, 1.807) is 0 Å². The predicted molar refractivity (Wildman–Crippen MR) is 76.6 cm³/mol. The van der Waals surface area contributed by atoms with E-state index >= 15 is 0 Å². The first-order valence-electron chi connectivity index (χ1n) is 6.66. The molecular formula is C16H25NO. The quantitative estimate of drug-likeness (QED) is 0.868. The Morgan fingerprint density at radius 2 is 1.72 bits per heavy atom. The summed E-state index contributed by atoms with van der Waals surface area (Å²) < 4.78 is 0. The van der Waals surface area contributed by atoms with Crippen LogP contribution in [0.2, 0.25) is 0 Å². The lowest BCUT2D eigenvalue weighted by Gasteiger charge is -2.21. The molecular weight excluding hydrogens is 222 g/mol. The molecule has 2 nitrogen and oxygen atoms in total. The van der Waals surface area contributed by atoms with Gasteiger partial charge in [0.2, 0.25) is 5.91 Å². The highest BCUT2D eigenvalue weighted by atomic mass is 16.1. The summed E-state index contributed by atoms with van der Waals surface area (Å²) in [4.78, 5) is 12.0. The second-order valence-electron chi connectivity index (χ2n) is 6.34. The second kappa shape index (κ2) is 6.03. The van der Waals surface area contributed by atoms with Crippen molar-refractivity contribution in [3.8, 4) is 0 Å². The van der Waals surface area contributed by atoms with Crippen LogP contribution in [0.3, 0.4) is 0 Å². The summed E-state index contributed by atoms with van der Waals surface area (Å²) in [5.41, 5.74) is 2.27. The molecule has 0 aliphatic rings. The van der Waals surface area contributed by atoms with Gasteiger partial charge in [0.15, 0.2) is 0 Å². The van der Waals surface area contributed by atoms with Crippen molar-refractivity contribution in [2.75, 3.05) is 0 Å². The van der Waals surface area contributed by atoms with Gasteiger partial charge in [0, 0.05) is 5.54 Å². The van der Waals surface area contributed by atoms with Crippen molar-refractivity contribution in [3.63, 3.8) is 0 Å². The summed E-state index contributed by atoms with van der Waals surface area (Å²) in [6.07, 6.45) is 1.50. The maximum Gasteiger partial charge on any atom is 0.224 e. The molecule has 0 bridgehead atoms. The van der Waals surface area contributed by atoms with E-state index in [9.17, 15) is 4.79 Å². The van der Waals surface area contributed by atoms with Gasteiger partial charge in [-0.2, -0.15) is 0 Å². The maximum absolute atomic E-state index is 12.0. The van der Waals surface area contributed by atoms with Gasteiger partial charge in [0.1, 0.15) is 0 Å². The topological polar surface area (TPSA) is 29.1 Å². The molecule has 1 amide bonds. The number of hydrogen-bond donors (Lipinski definition) is 1. The molecule has 0 spiro atoms. The minimum absolute atomic E-state index is 0.0960. The monoisotopic (exact) mass is 247 g/mol. The van der Waals surface area contributed by atoms with Gasteiger partial charge in [-0.25, -0.2) is 0 Å². The van der Waals surface area contributed by atoms with Crippen LogP contribution in [0.1, 0.15) is 45.7 Å². The van der Waals surface area contributed by atoms with E-state index in [-0.39, 0.29) is 11.4 Å². The van der Waals surface area contributed by atoms with Crippen LogP contribution in [0.4, 0.5) is 0 Å². The zero-order valence-electron chi connectivity index (χ0n) is 12.2. The molecule has 100 valence electrons. The number of carbonyl (C=O) groups excluding carboxylic acids is 1. The molecule has 2 heteroatoms. The predicted octanol–water partition coefficient (Wildman–Crippen LogP) is 3.34. The van der Waals surface area contributed by atoms with Crippen LogP contribution in [0, 0.1) is 5.92 Å². The number of amides is 1. The van der Waals surface area contributed by atoms with E-state index in [4.69, 9.17) is 0 Å². The minimum atomic E-state index is -0.163. The zero-order chi connectivity index (χ0) is 13.8. The van der Waals surface area contributed by atoms with Crippen molar-refractivity contribution in [2.24, 2.45) is 5.92 Å². The van der Waals surface area contributed by atoms with Gasteiger partial charge >= 0.3 is 0 Å². The molecule has 1 aromatic rings. The van der Waals surface area contributed by atoms with Gasteiger partial charge in [-0.1, -0.05) is 38.1 Å². The highest BCUT2D eigenvalue weighted by molar-refractivity contribution is 5.79. The van der Waals surface area contributed by atoms with Crippen LogP contribution < -0.4 is 5.32 Å². The highest BCUT2D eigenvalue weighted by Gasteiger charge is 2.15. The van der Waals surface area contributed by atoms with E-state index in [2.05, 4.69) is 31.3 Å². The summed E-state index contributed by atoms with van der Waals surface area (Å²) in [6.45, 7) is 10.4. The third kappa shape index (κ3) is 5.35.